The SMILES string of the molecule is Fc1ccc(-c2cc3ccccc3cc2-c2bcccc2)cc1. The number of rotatable bonds is 2. The third kappa shape index (κ3) is 2.68. The van der Waals surface area contributed by atoms with Gasteiger partial charge in [0.2, 0.25) is 0 Å². The fraction of sp³-hybridized carbons (Fsp3) is 0. The van der Waals surface area contributed by atoms with E-state index in [2.05, 4.69) is 43.3 Å². The molecule has 4 rings (SSSR count). The van der Waals surface area contributed by atoms with Gasteiger partial charge >= 0.3 is 135 Å². The maximum atomic E-state index is 13.3. The van der Waals surface area contributed by atoms with Crippen LogP contribution < -0.4 is 0 Å². The van der Waals surface area contributed by atoms with E-state index in [-0.39, 0.29) is 5.82 Å². The Labute approximate surface area is 135 Å². The summed E-state index contributed by atoms with van der Waals surface area (Å²) in [5.74, 6) is 1.83. The van der Waals surface area contributed by atoms with Crippen molar-refractivity contribution in [2.24, 2.45) is 0 Å². The van der Waals surface area contributed by atoms with E-state index in [1.54, 1.807) is 0 Å². The van der Waals surface area contributed by atoms with E-state index < -0.39 is 0 Å². The summed E-state index contributed by atoms with van der Waals surface area (Å²) in [5.41, 5.74) is 4.47. The van der Waals surface area contributed by atoms with Gasteiger partial charge in [-0.25, -0.2) is 0 Å². The monoisotopic (exact) mass is 296 g/mol. The van der Waals surface area contributed by atoms with Crippen LogP contribution in [-0.4, -0.2) is 6.91 Å². The Balaban J connectivity index is 2.02. The Hall–Kier alpha value is -2.74. The van der Waals surface area contributed by atoms with Gasteiger partial charge in [-0.05, 0) is 0 Å². The normalized spacial score (nSPS) is 10.7. The van der Waals surface area contributed by atoms with Gasteiger partial charge in [-0.3, -0.25) is 0 Å². The van der Waals surface area contributed by atoms with Crippen LogP contribution in [-0.2, 0) is 0 Å². The average Bonchev–Trinajstić information content (AvgIpc) is 2.62. The van der Waals surface area contributed by atoms with Crippen molar-refractivity contribution in [3.8, 4) is 22.1 Å². The topological polar surface area (TPSA) is 0 Å². The molecule has 0 atom stereocenters. The van der Waals surface area contributed by atoms with Gasteiger partial charge in [0.25, 0.3) is 0 Å². The van der Waals surface area contributed by atoms with Crippen molar-refractivity contribution in [3.63, 3.8) is 0 Å². The molecule has 0 saturated carbocycles. The quantitative estimate of drug-likeness (QED) is 0.448. The zero-order valence-electron chi connectivity index (χ0n) is 12.5. The standard InChI is InChI=1S/C21H14BF/c23-18-10-8-15(9-11-18)19-13-16-5-1-2-6-17(16)14-20(19)21-7-3-4-12-22-21/h1-14H. The Morgan fingerprint density at radius 1 is 0.652 bits per heavy atom. The van der Waals surface area contributed by atoms with Gasteiger partial charge in [0.15, 0.2) is 0 Å². The van der Waals surface area contributed by atoms with E-state index in [1.807, 2.05) is 36.3 Å². The van der Waals surface area contributed by atoms with E-state index in [1.165, 1.54) is 22.9 Å². The molecule has 0 bridgehead atoms. The van der Waals surface area contributed by atoms with Crippen LogP contribution in [0, 0.1) is 5.82 Å². The number of hydrogen-bond acceptors (Lipinski definition) is 0. The molecule has 0 unspecified atom stereocenters. The Kier molecular flexibility index (Phi) is 3.51. The zero-order chi connectivity index (χ0) is 15.6. The minimum atomic E-state index is -0.212. The van der Waals surface area contributed by atoms with E-state index in [9.17, 15) is 4.39 Å². The third-order valence-electron chi connectivity index (χ3n) is 4.13. The molecule has 23 heavy (non-hydrogen) atoms. The fourth-order valence-corrected chi connectivity index (χ4v) is 2.97. The first-order valence-electron chi connectivity index (χ1n) is 7.65. The van der Waals surface area contributed by atoms with Crippen LogP contribution in [0.1, 0.15) is 0 Å². The molecular formula is C21H14BF. The van der Waals surface area contributed by atoms with Crippen LogP contribution in [0.3, 0.4) is 0 Å². The van der Waals surface area contributed by atoms with Crippen molar-refractivity contribution in [3.05, 3.63) is 90.6 Å². The fourth-order valence-electron chi connectivity index (χ4n) is 2.97. The first-order chi connectivity index (χ1) is 11.3. The van der Waals surface area contributed by atoms with Gasteiger partial charge in [-0.15, -0.1) is 0 Å². The van der Waals surface area contributed by atoms with Gasteiger partial charge in [-0.1, -0.05) is 0 Å². The number of benzene rings is 3. The van der Waals surface area contributed by atoms with Gasteiger partial charge in [-0.2, -0.15) is 0 Å². The molecule has 0 aliphatic rings. The van der Waals surface area contributed by atoms with Crippen LogP contribution in [0.25, 0.3) is 32.9 Å². The Morgan fingerprint density at radius 3 is 1.96 bits per heavy atom. The predicted molar refractivity (Wildman–Crippen MR) is 96.1 cm³/mol. The van der Waals surface area contributed by atoms with Crippen molar-refractivity contribution in [1.82, 2.24) is 0 Å². The molecule has 1 aromatic heterocycles. The van der Waals surface area contributed by atoms with E-state index in [0.29, 0.717) is 0 Å². The summed E-state index contributed by atoms with van der Waals surface area (Å²) in [5, 5.41) is 2.39. The van der Waals surface area contributed by atoms with Crippen molar-refractivity contribution in [2.75, 3.05) is 0 Å². The molecule has 0 fully saturated rings. The second kappa shape index (κ2) is 5.81. The molecule has 3 aromatic carbocycles. The molecular weight excluding hydrogens is 282 g/mol. The van der Waals surface area contributed by atoms with E-state index in [4.69, 9.17) is 0 Å². The number of fused-ring (bicyclic) bond motifs is 1. The molecule has 0 nitrogen and oxygen atoms in total. The van der Waals surface area contributed by atoms with Crippen LogP contribution in [0.2, 0.25) is 0 Å². The molecule has 0 spiro atoms. The molecule has 2 heteroatoms. The molecule has 108 valence electrons. The summed E-state index contributed by atoms with van der Waals surface area (Å²) in [6.07, 6.45) is 0. The first-order valence-corrected chi connectivity index (χ1v) is 7.65. The van der Waals surface area contributed by atoms with Crippen molar-refractivity contribution in [1.29, 1.82) is 0 Å². The third-order valence-corrected chi connectivity index (χ3v) is 4.13. The molecule has 0 aliphatic heterocycles. The van der Waals surface area contributed by atoms with Crippen molar-refractivity contribution < 1.29 is 4.39 Å². The predicted octanol–water partition coefficient (Wildman–Crippen LogP) is 5.65. The summed E-state index contributed by atoms with van der Waals surface area (Å²) in [4.78, 5) is 0. The molecule has 0 aliphatic carbocycles. The summed E-state index contributed by atoms with van der Waals surface area (Å²) in [6.45, 7) is 2.11. The van der Waals surface area contributed by atoms with Gasteiger partial charge in [0, 0.05) is 0 Å². The minimum absolute atomic E-state index is 0.212. The molecule has 0 N–H and O–H groups in total. The number of hydrogen-bond donors (Lipinski definition) is 0. The van der Waals surface area contributed by atoms with Gasteiger partial charge in [0.1, 0.15) is 0 Å². The summed E-state index contributed by atoms with van der Waals surface area (Å²) >= 11 is 0. The summed E-state index contributed by atoms with van der Waals surface area (Å²) in [7, 11) is 0. The Bertz CT molecular complexity index is 960. The second-order valence-corrected chi connectivity index (χ2v) is 5.62. The van der Waals surface area contributed by atoms with Crippen molar-refractivity contribution >= 4 is 17.7 Å². The first kappa shape index (κ1) is 13.9. The number of halogens is 1. The van der Waals surface area contributed by atoms with E-state index >= 15 is 0 Å². The van der Waals surface area contributed by atoms with E-state index in [0.717, 1.165) is 22.1 Å². The van der Waals surface area contributed by atoms with Crippen LogP contribution in [0.5, 0.6) is 0 Å². The van der Waals surface area contributed by atoms with Gasteiger partial charge < -0.3 is 0 Å². The average molecular weight is 296 g/mol. The second-order valence-electron chi connectivity index (χ2n) is 5.62. The molecule has 0 saturated heterocycles. The van der Waals surface area contributed by atoms with Crippen molar-refractivity contribution in [2.45, 2.75) is 0 Å². The summed E-state index contributed by atoms with van der Waals surface area (Å²) < 4.78 is 13.3. The van der Waals surface area contributed by atoms with Gasteiger partial charge in [0.05, 0.1) is 0 Å². The molecule has 4 aromatic rings. The maximum absolute atomic E-state index is 13.3. The summed E-state index contributed by atoms with van der Waals surface area (Å²) in [6, 6.07) is 25.6. The zero-order valence-corrected chi connectivity index (χ0v) is 12.5. The van der Waals surface area contributed by atoms with Crippen LogP contribution in [0.15, 0.2) is 84.8 Å². The Morgan fingerprint density at radius 2 is 1.30 bits per heavy atom. The molecule has 0 radical (unpaired) electrons. The molecule has 1 heterocycles. The molecule has 0 amide bonds. The van der Waals surface area contributed by atoms with Crippen LogP contribution >= 0.6 is 0 Å². The van der Waals surface area contributed by atoms with Crippen LogP contribution in [0.4, 0.5) is 4.39 Å².